The van der Waals surface area contributed by atoms with Crippen LogP contribution in [0.1, 0.15) is 25.8 Å². The van der Waals surface area contributed by atoms with Gasteiger partial charge in [0.2, 0.25) is 5.91 Å². The van der Waals surface area contributed by atoms with Crippen molar-refractivity contribution in [2.75, 3.05) is 25.1 Å². The first-order chi connectivity index (χ1) is 11.0. The molecule has 2 amide bonds. The van der Waals surface area contributed by atoms with Gasteiger partial charge in [0.25, 0.3) is 5.91 Å². The number of benzene rings is 1. The Labute approximate surface area is 136 Å². The number of nitrogens with one attached hydrogen (secondary N) is 1. The smallest absolute Gasteiger partial charge is 0.309 e. The van der Waals surface area contributed by atoms with Crippen LogP contribution in [0.25, 0.3) is 0 Å². The highest BCUT2D eigenvalue weighted by molar-refractivity contribution is 6.21. The van der Waals surface area contributed by atoms with Gasteiger partial charge in [-0.25, -0.2) is 4.90 Å². The monoisotopic (exact) mass is 319 g/mol. The molecule has 1 saturated heterocycles. The molecule has 0 aromatic heterocycles. The topological polar surface area (TPSA) is 68.1 Å². The van der Waals surface area contributed by atoms with Crippen LogP contribution in [0.2, 0.25) is 0 Å². The maximum Gasteiger partial charge on any atom is 0.309 e. The van der Waals surface area contributed by atoms with Crippen molar-refractivity contribution in [1.29, 1.82) is 0 Å². The molecular weight excluding hydrogens is 296 g/mol. The molecular formula is C17H23N2O4+. The van der Waals surface area contributed by atoms with Gasteiger partial charge < -0.3 is 9.64 Å². The molecule has 1 aliphatic heterocycles. The van der Waals surface area contributed by atoms with Gasteiger partial charge in [0.15, 0.2) is 6.04 Å². The van der Waals surface area contributed by atoms with Gasteiger partial charge in [-0.05, 0) is 31.5 Å². The van der Waals surface area contributed by atoms with E-state index in [1.807, 2.05) is 13.8 Å². The highest BCUT2D eigenvalue weighted by Crippen LogP contribution is 2.22. The molecule has 1 aromatic rings. The third kappa shape index (κ3) is 3.59. The first kappa shape index (κ1) is 17.1. The largest absolute Gasteiger partial charge is 0.469 e. The number of ether oxygens (including phenoxy) is 1. The predicted molar refractivity (Wildman–Crippen MR) is 85.1 cm³/mol. The quantitative estimate of drug-likeness (QED) is 0.590. The molecule has 0 spiro atoms. The van der Waals surface area contributed by atoms with E-state index in [1.165, 1.54) is 12.0 Å². The first-order valence-electron chi connectivity index (χ1n) is 7.88. The first-order valence-corrected chi connectivity index (χ1v) is 7.88. The molecule has 1 N–H and O–H groups in total. The molecule has 124 valence electrons. The van der Waals surface area contributed by atoms with E-state index in [4.69, 9.17) is 0 Å². The van der Waals surface area contributed by atoms with Gasteiger partial charge in [-0.3, -0.25) is 14.4 Å². The van der Waals surface area contributed by atoms with Crippen LogP contribution in [-0.2, 0) is 25.5 Å². The SMILES string of the molecule is CC[NH+](CC)[C@H]1CC(=O)N(c2ccc(CC(=O)OC)cc2)C1=O. The predicted octanol–water partition coefficient (Wildman–Crippen LogP) is -0.0413. The van der Waals surface area contributed by atoms with Gasteiger partial charge in [-0.2, -0.15) is 0 Å². The Hall–Kier alpha value is -2.21. The zero-order valence-corrected chi connectivity index (χ0v) is 13.8. The van der Waals surface area contributed by atoms with Crippen LogP contribution < -0.4 is 9.80 Å². The lowest BCUT2D eigenvalue weighted by atomic mass is 10.1. The fraction of sp³-hybridized carbons (Fsp3) is 0.471. The molecule has 23 heavy (non-hydrogen) atoms. The molecule has 0 unspecified atom stereocenters. The van der Waals surface area contributed by atoms with E-state index >= 15 is 0 Å². The molecule has 6 nitrogen and oxygen atoms in total. The van der Waals surface area contributed by atoms with Gasteiger partial charge in [-0.15, -0.1) is 0 Å². The second kappa shape index (κ2) is 7.37. The summed E-state index contributed by atoms with van der Waals surface area (Å²) in [6.45, 7) is 5.65. The van der Waals surface area contributed by atoms with Crippen LogP contribution in [0.15, 0.2) is 24.3 Å². The summed E-state index contributed by atoms with van der Waals surface area (Å²) in [4.78, 5) is 38.5. The zero-order chi connectivity index (χ0) is 17.0. The van der Waals surface area contributed by atoms with E-state index in [1.54, 1.807) is 24.3 Å². The average molecular weight is 319 g/mol. The fourth-order valence-electron chi connectivity index (χ4n) is 2.97. The Kier molecular flexibility index (Phi) is 5.50. The van der Waals surface area contributed by atoms with Crippen molar-refractivity contribution in [3.05, 3.63) is 29.8 Å². The number of methoxy groups -OCH3 is 1. The number of carbonyl (C=O) groups excluding carboxylic acids is 3. The number of anilines is 1. The second-order valence-electron chi connectivity index (χ2n) is 5.61. The standard InChI is InChI=1S/C17H22N2O4/c1-4-18(5-2)14-11-15(20)19(17(14)22)13-8-6-12(7-9-13)10-16(21)23-3/h6-9,14H,4-5,10-11H2,1-3H3/p+1/t14-/m0/s1. The van der Waals surface area contributed by atoms with Gasteiger partial charge in [-0.1, -0.05) is 12.1 Å². The van der Waals surface area contributed by atoms with Crippen LogP contribution in [0.3, 0.4) is 0 Å². The minimum atomic E-state index is -0.323. The summed E-state index contributed by atoms with van der Waals surface area (Å²) in [5.74, 6) is -0.634. The van der Waals surface area contributed by atoms with Crippen LogP contribution in [0.4, 0.5) is 5.69 Å². The van der Waals surface area contributed by atoms with Crippen LogP contribution >= 0.6 is 0 Å². The van der Waals surface area contributed by atoms with Crippen molar-refractivity contribution in [2.45, 2.75) is 32.7 Å². The third-order valence-electron chi connectivity index (χ3n) is 4.32. The molecule has 0 radical (unpaired) electrons. The van der Waals surface area contributed by atoms with E-state index < -0.39 is 0 Å². The molecule has 2 rings (SSSR count). The van der Waals surface area contributed by atoms with E-state index in [-0.39, 0.29) is 36.7 Å². The van der Waals surface area contributed by atoms with E-state index in [2.05, 4.69) is 4.74 Å². The van der Waals surface area contributed by atoms with Gasteiger partial charge in [0, 0.05) is 0 Å². The summed E-state index contributed by atoms with van der Waals surface area (Å²) in [6, 6.07) is 6.59. The number of imide groups is 1. The summed E-state index contributed by atoms with van der Waals surface area (Å²) in [5, 5.41) is 0. The average Bonchev–Trinajstić information content (AvgIpc) is 2.84. The second-order valence-corrected chi connectivity index (χ2v) is 5.61. The Morgan fingerprint density at radius 2 is 1.83 bits per heavy atom. The number of nitrogens with zero attached hydrogens (tertiary/aromatic N) is 1. The lowest BCUT2D eigenvalue weighted by Crippen LogP contribution is -3.16. The van der Waals surface area contributed by atoms with Gasteiger partial charge >= 0.3 is 5.97 Å². The number of hydrogen-bond acceptors (Lipinski definition) is 4. The number of esters is 1. The van der Waals surface area contributed by atoms with Crippen LogP contribution in [-0.4, -0.2) is 44.0 Å². The summed E-state index contributed by atoms with van der Waals surface area (Å²) in [5.41, 5.74) is 1.34. The van der Waals surface area contributed by atoms with Crippen molar-refractivity contribution in [2.24, 2.45) is 0 Å². The molecule has 0 aliphatic carbocycles. The van der Waals surface area contributed by atoms with Crippen molar-refractivity contribution in [3.63, 3.8) is 0 Å². The fourth-order valence-corrected chi connectivity index (χ4v) is 2.97. The van der Waals surface area contributed by atoms with Gasteiger partial charge in [0.1, 0.15) is 0 Å². The minimum Gasteiger partial charge on any atom is -0.469 e. The molecule has 1 fully saturated rings. The van der Waals surface area contributed by atoms with E-state index in [0.717, 1.165) is 23.6 Å². The van der Waals surface area contributed by atoms with E-state index in [9.17, 15) is 14.4 Å². The van der Waals surface area contributed by atoms with E-state index in [0.29, 0.717) is 5.69 Å². The normalized spacial score (nSPS) is 17.9. The lowest BCUT2D eigenvalue weighted by molar-refractivity contribution is -0.911. The maximum absolute atomic E-state index is 12.6. The Morgan fingerprint density at radius 1 is 1.22 bits per heavy atom. The highest BCUT2D eigenvalue weighted by Gasteiger charge is 2.44. The summed E-state index contributed by atoms with van der Waals surface area (Å²) < 4.78 is 4.62. The van der Waals surface area contributed by atoms with Crippen LogP contribution in [0, 0.1) is 0 Å². The number of rotatable bonds is 6. The third-order valence-corrected chi connectivity index (χ3v) is 4.32. The van der Waals surface area contributed by atoms with Gasteiger partial charge in [0.05, 0.1) is 38.7 Å². The molecule has 1 aliphatic rings. The molecule has 6 heteroatoms. The summed E-state index contributed by atoms with van der Waals surface area (Å²) in [6.07, 6.45) is 0.421. The Bertz CT molecular complexity index is 593. The minimum absolute atomic E-state index is 0.144. The summed E-state index contributed by atoms with van der Waals surface area (Å²) >= 11 is 0. The molecule has 0 bridgehead atoms. The lowest BCUT2D eigenvalue weighted by Gasteiger charge is -2.21. The van der Waals surface area contributed by atoms with Crippen molar-refractivity contribution < 1.29 is 24.0 Å². The number of quaternary nitrogens is 1. The molecule has 1 heterocycles. The molecule has 1 aromatic carbocycles. The zero-order valence-electron chi connectivity index (χ0n) is 13.8. The summed E-state index contributed by atoms with van der Waals surface area (Å²) in [7, 11) is 1.34. The highest BCUT2D eigenvalue weighted by atomic mass is 16.5. The van der Waals surface area contributed by atoms with Crippen molar-refractivity contribution >= 4 is 23.5 Å². The Balaban J connectivity index is 2.16. The Morgan fingerprint density at radius 3 is 2.35 bits per heavy atom. The van der Waals surface area contributed by atoms with Crippen molar-refractivity contribution in [1.82, 2.24) is 0 Å². The number of amides is 2. The van der Waals surface area contributed by atoms with Crippen molar-refractivity contribution in [3.8, 4) is 0 Å². The number of carbonyl (C=O) groups is 3. The van der Waals surface area contributed by atoms with Crippen LogP contribution in [0.5, 0.6) is 0 Å². The number of likely N-dealkylation sites (N-methyl/N-ethyl adjacent to an activating group) is 1. The maximum atomic E-state index is 12.6. The molecule has 0 saturated carbocycles. The molecule has 1 atom stereocenters. The number of hydrogen-bond donors (Lipinski definition) is 1.